The zero-order valence-corrected chi connectivity index (χ0v) is 10.2. The van der Waals surface area contributed by atoms with Crippen LogP contribution in [0.15, 0.2) is 18.2 Å². The van der Waals surface area contributed by atoms with Crippen molar-refractivity contribution in [2.75, 3.05) is 32.2 Å². The summed E-state index contributed by atoms with van der Waals surface area (Å²) in [6.07, 6.45) is 0. The molecule has 1 N–H and O–H groups in total. The van der Waals surface area contributed by atoms with E-state index in [0.29, 0.717) is 6.61 Å². The summed E-state index contributed by atoms with van der Waals surface area (Å²) in [4.78, 5) is 21.2. The molecule has 0 radical (unpaired) electrons. The molecule has 1 aromatic carbocycles. The van der Waals surface area contributed by atoms with E-state index in [1.807, 2.05) is 0 Å². The maximum Gasteiger partial charge on any atom is 0.274 e. The molecule has 0 aliphatic carbocycles. The third-order valence-corrected chi connectivity index (χ3v) is 2.04. The summed E-state index contributed by atoms with van der Waals surface area (Å²) in [7, 11) is 1.50. The molecule has 0 aliphatic rings. The van der Waals surface area contributed by atoms with Crippen LogP contribution in [0.4, 0.5) is 15.8 Å². The molecular weight excluding hydrogens is 259 g/mol. The second-order valence-electron chi connectivity index (χ2n) is 3.55. The Morgan fingerprint density at radius 2 is 2.16 bits per heavy atom. The first kappa shape index (κ1) is 15.0. The van der Waals surface area contributed by atoms with Crippen molar-refractivity contribution in [2.45, 2.75) is 0 Å². The van der Waals surface area contributed by atoms with Crippen LogP contribution in [-0.2, 0) is 14.3 Å². The van der Waals surface area contributed by atoms with Gasteiger partial charge in [0.2, 0.25) is 5.91 Å². The Hall–Kier alpha value is -2.06. The van der Waals surface area contributed by atoms with E-state index < -0.39 is 22.3 Å². The van der Waals surface area contributed by atoms with E-state index in [4.69, 9.17) is 9.47 Å². The van der Waals surface area contributed by atoms with Crippen LogP contribution < -0.4 is 5.32 Å². The van der Waals surface area contributed by atoms with E-state index in [1.165, 1.54) is 7.11 Å². The summed E-state index contributed by atoms with van der Waals surface area (Å²) in [6, 6.07) is 2.82. The van der Waals surface area contributed by atoms with Crippen molar-refractivity contribution < 1.29 is 23.6 Å². The van der Waals surface area contributed by atoms with E-state index in [2.05, 4.69) is 5.32 Å². The highest BCUT2D eigenvalue weighted by molar-refractivity contribution is 5.92. The number of non-ortho nitro benzene ring substituents is 1. The number of nitro benzene ring substituents is 1. The first-order valence-electron chi connectivity index (χ1n) is 5.34. The molecule has 0 aromatic heterocycles. The Morgan fingerprint density at radius 1 is 1.42 bits per heavy atom. The molecule has 104 valence electrons. The molecule has 0 spiro atoms. The predicted molar refractivity (Wildman–Crippen MR) is 64.4 cm³/mol. The topological polar surface area (TPSA) is 90.7 Å². The van der Waals surface area contributed by atoms with Crippen LogP contribution in [0.2, 0.25) is 0 Å². The highest BCUT2D eigenvalue weighted by atomic mass is 19.1. The average Bonchev–Trinajstić information content (AvgIpc) is 2.34. The lowest BCUT2D eigenvalue weighted by atomic mass is 10.2. The normalized spacial score (nSPS) is 10.2. The Labute approximate surface area is 108 Å². The number of methoxy groups -OCH3 is 1. The number of carbonyl (C=O) groups excluding carboxylic acids is 1. The second kappa shape index (κ2) is 7.39. The number of rotatable bonds is 7. The molecule has 0 fully saturated rings. The molecule has 7 nitrogen and oxygen atoms in total. The molecule has 0 saturated carbocycles. The summed E-state index contributed by atoms with van der Waals surface area (Å²) in [5, 5.41) is 12.8. The molecule has 1 amide bonds. The molecule has 0 atom stereocenters. The number of carbonyl (C=O) groups is 1. The van der Waals surface area contributed by atoms with Crippen molar-refractivity contribution in [2.24, 2.45) is 0 Å². The molecule has 0 saturated heterocycles. The van der Waals surface area contributed by atoms with Crippen molar-refractivity contribution in [1.82, 2.24) is 0 Å². The number of amides is 1. The number of hydrogen-bond acceptors (Lipinski definition) is 5. The molecule has 0 bridgehead atoms. The van der Waals surface area contributed by atoms with Gasteiger partial charge in [-0.1, -0.05) is 0 Å². The van der Waals surface area contributed by atoms with Crippen molar-refractivity contribution >= 4 is 17.3 Å². The van der Waals surface area contributed by atoms with Crippen LogP contribution in [0.25, 0.3) is 0 Å². The number of hydrogen-bond donors (Lipinski definition) is 1. The maximum atomic E-state index is 13.1. The number of nitrogens with zero attached hydrogens (tertiary/aromatic N) is 1. The van der Waals surface area contributed by atoms with Crippen LogP contribution in [0.5, 0.6) is 0 Å². The summed E-state index contributed by atoms with van der Waals surface area (Å²) < 4.78 is 22.8. The van der Waals surface area contributed by atoms with Crippen LogP contribution in [0.1, 0.15) is 0 Å². The lowest BCUT2D eigenvalue weighted by Crippen LogP contribution is -2.19. The summed E-state index contributed by atoms with van der Waals surface area (Å²) in [5.74, 6) is -1.33. The van der Waals surface area contributed by atoms with Gasteiger partial charge >= 0.3 is 0 Å². The van der Waals surface area contributed by atoms with Gasteiger partial charge in [0, 0.05) is 13.2 Å². The van der Waals surface area contributed by atoms with Gasteiger partial charge in [-0.25, -0.2) is 4.39 Å². The van der Waals surface area contributed by atoms with Crippen molar-refractivity contribution in [1.29, 1.82) is 0 Å². The fourth-order valence-electron chi connectivity index (χ4n) is 1.26. The minimum atomic E-state index is -0.801. The van der Waals surface area contributed by atoms with Crippen LogP contribution in [-0.4, -0.2) is 37.8 Å². The number of nitro groups is 1. The highest BCUT2D eigenvalue weighted by Crippen LogP contribution is 2.19. The van der Waals surface area contributed by atoms with Crippen molar-refractivity contribution in [3.63, 3.8) is 0 Å². The summed E-state index contributed by atoms with van der Waals surface area (Å²) in [6.45, 7) is 0.347. The number of ether oxygens (including phenoxy) is 2. The fraction of sp³-hybridized carbons (Fsp3) is 0.364. The monoisotopic (exact) mass is 272 g/mol. The van der Waals surface area contributed by atoms with Gasteiger partial charge in [0.15, 0.2) is 0 Å². The van der Waals surface area contributed by atoms with Crippen LogP contribution >= 0.6 is 0 Å². The zero-order valence-electron chi connectivity index (χ0n) is 10.2. The quantitative estimate of drug-likeness (QED) is 0.459. The Bertz CT molecular complexity index is 466. The molecular formula is C11H13FN2O5. The third-order valence-electron chi connectivity index (χ3n) is 2.04. The molecule has 0 heterocycles. The van der Waals surface area contributed by atoms with Gasteiger partial charge < -0.3 is 14.8 Å². The molecule has 1 rings (SSSR count). The number of halogens is 1. The van der Waals surface area contributed by atoms with Crippen molar-refractivity contribution in [3.05, 3.63) is 34.1 Å². The lowest BCUT2D eigenvalue weighted by molar-refractivity contribution is -0.385. The zero-order chi connectivity index (χ0) is 14.3. The molecule has 19 heavy (non-hydrogen) atoms. The minimum absolute atomic E-state index is 0.00652. The Kier molecular flexibility index (Phi) is 5.83. The standard InChI is InChI=1S/C11H13FN2O5/c1-18-2-3-19-7-11(15)13-9-4-8(12)5-10(6-9)14(16)17/h4-6H,2-3,7H2,1H3,(H,13,15). The molecule has 1 aromatic rings. The smallest absolute Gasteiger partial charge is 0.274 e. The highest BCUT2D eigenvalue weighted by Gasteiger charge is 2.11. The van der Waals surface area contributed by atoms with E-state index in [0.717, 1.165) is 18.2 Å². The predicted octanol–water partition coefficient (Wildman–Crippen LogP) is 1.34. The largest absolute Gasteiger partial charge is 0.382 e. The van der Waals surface area contributed by atoms with Crippen LogP contribution in [0.3, 0.4) is 0 Å². The first-order valence-corrected chi connectivity index (χ1v) is 5.34. The maximum absolute atomic E-state index is 13.1. The SMILES string of the molecule is COCCOCC(=O)Nc1cc(F)cc([N+](=O)[O-])c1. The van der Waals surface area contributed by atoms with Crippen molar-refractivity contribution in [3.8, 4) is 0 Å². The molecule has 0 aliphatic heterocycles. The second-order valence-corrected chi connectivity index (χ2v) is 3.55. The molecule has 0 unspecified atom stereocenters. The Morgan fingerprint density at radius 3 is 2.79 bits per heavy atom. The number of nitrogens with one attached hydrogen (secondary N) is 1. The van der Waals surface area contributed by atoms with E-state index in [1.54, 1.807) is 0 Å². The number of benzene rings is 1. The van der Waals surface area contributed by atoms with Crippen LogP contribution in [0, 0.1) is 15.9 Å². The molecule has 8 heteroatoms. The van der Waals surface area contributed by atoms with E-state index in [-0.39, 0.29) is 18.9 Å². The fourth-order valence-corrected chi connectivity index (χ4v) is 1.26. The van der Waals surface area contributed by atoms with Gasteiger partial charge in [0.25, 0.3) is 5.69 Å². The lowest BCUT2D eigenvalue weighted by Gasteiger charge is -2.06. The van der Waals surface area contributed by atoms with Gasteiger partial charge in [-0.2, -0.15) is 0 Å². The summed E-state index contributed by atoms with van der Waals surface area (Å²) >= 11 is 0. The average molecular weight is 272 g/mol. The van der Waals surface area contributed by atoms with Gasteiger partial charge in [0.05, 0.1) is 29.9 Å². The summed E-state index contributed by atoms with van der Waals surface area (Å²) in [5.41, 5.74) is -0.428. The first-order chi connectivity index (χ1) is 9.02. The van der Waals surface area contributed by atoms with E-state index >= 15 is 0 Å². The third kappa shape index (κ3) is 5.40. The number of anilines is 1. The van der Waals surface area contributed by atoms with E-state index in [9.17, 15) is 19.3 Å². The van der Waals surface area contributed by atoms with Gasteiger partial charge in [-0.05, 0) is 6.07 Å². The van der Waals surface area contributed by atoms with Gasteiger partial charge in [0.1, 0.15) is 12.4 Å². The Balaban J connectivity index is 2.56. The minimum Gasteiger partial charge on any atom is -0.382 e. The van der Waals surface area contributed by atoms with Gasteiger partial charge in [-0.3, -0.25) is 14.9 Å². The van der Waals surface area contributed by atoms with Gasteiger partial charge in [-0.15, -0.1) is 0 Å².